The largest absolute Gasteiger partial charge is 0.465 e. The quantitative estimate of drug-likeness (QED) is 0.138. The molecule has 56 heavy (non-hydrogen) atoms. The molecule has 0 spiro atoms. The number of nitrogens with zero attached hydrogens (tertiary/aromatic N) is 5. The molecule has 4 atom stereocenters. The van der Waals surface area contributed by atoms with E-state index in [4.69, 9.17) is 4.74 Å². The van der Waals surface area contributed by atoms with Gasteiger partial charge >= 0.3 is 12.2 Å². The Labute approximate surface area is 327 Å². The summed E-state index contributed by atoms with van der Waals surface area (Å²) in [5.41, 5.74) is 5.23. The maximum absolute atomic E-state index is 13.6. The topological polar surface area (TPSA) is 177 Å². The summed E-state index contributed by atoms with van der Waals surface area (Å²) in [4.78, 5) is 71.4. The number of benzene rings is 2. The zero-order valence-electron chi connectivity index (χ0n) is 32.7. The number of ether oxygens (including phenoxy) is 1. The number of nitrogens with one attached hydrogen (secondary N) is 3. The molecule has 294 valence electrons. The molecule has 2 aliphatic heterocycles. The second-order valence-corrected chi connectivity index (χ2v) is 15.1. The molecule has 2 fully saturated rings. The Hall–Kier alpha value is -6.10. The fourth-order valence-electron chi connectivity index (χ4n) is 7.61. The third-order valence-electron chi connectivity index (χ3n) is 10.6. The third kappa shape index (κ3) is 8.57. The Balaban J connectivity index is 1.08. The second-order valence-electron chi connectivity index (χ2n) is 15.1. The van der Waals surface area contributed by atoms with Crippen LogP contribution in [-0.4, -0.2) is 103 Å². The molecule has 4 N–H and O–H groups in total. The molecule has 0 radical (unpaired) electrons. The van der Waals surface area contributed by atoms with E-state index in [1.807, 2.05) is 76.2 Å². The lowest BCUT2D eigenvalue weighted by Crippen LogP contribution is -2.51. The number of rotatable bonds is 10. The molecule has 0 bridgehead atoms. The van der Waals surface area contributed by atoms with Crippen LogP contribution in [0.2, 0.25) is 0 Å². The fraction of sp³-hybridized carbons (Fsp3) is 0.429. The first kappa shape index (κ1) is 39.6. The lowest BCUT2D eigenvalue weighted by atomic mass is 10.0. The molecule has 2 aromatic carbocycles. The highest BCUT2D eigenvalue weighted by Crippen LogP contribution is 2.34. The van der Waals surface area contributed by atoms with E-state index in [1.54, 1.807) is 22.2 Å². The minimum Gasteiger partial charge on any atom is -0.465 e. The predicted molar refractivity (Wildman–Crippen MR) is 210 cm³/mol. The zero-order valence-corrected chi connectivity index (χ0v) is 32.7. The average Bonchev–Trinajstić information content (AvgIpc) is 4.02. The molecule has 6 rings (SSSR count). The Morgan fingerprint density at radius 1 is 0.786 bits per heavy atom. The first-order chi connectivity index (χ1) is 26.9. The molecule has 4 aromatic rings. The lowest BCUT2D eigenvalue weighted by molar-refractivity contribution is -0.138. The number of imidazole rings is 2. The van der Waals surface area contributed by atoms with Gasteiger partial charge < -0.3 is 34.9 Å². The van der Waals surface area contributed by atoms with Crippen LogP contribution < -0.4 is 5.32 Å². The summed E-state index contributed by atoms with van der Waals surface area (Å²) in [5.74, 6) is 7.23. The van der Waals surface area contributed by atoms with Gasteiger partial charge in [0.25, 0.3) is 0 Å². The van der Waals surface area contributed by atoms with Crippen molar-refractivity contribution in [3.8, 4) is 34.4 Å². The highest BCUT2D eigenvalue weighted by atomic mass is 16.5. The van der Waals surface area contributed by atoms with Crippen molar-refractivity contribution >= 4 is 24.0 Å². The Morgan fingerprint density at radius 2 is 1.25 bits per heavy atom. The molecule has 14 nitrogen and oxygen atoms in total. The van der Waals surface area contributed by atoms with Gasteiger partial charge in [-0.1, -0.05) is 63.8 Å². The number of H-pyrrole nitrogens is 2. The maximum Gasteiger partial charge on any atom is 0.407 e. The van der Waals surface area contributed by atoms with Crippen LogP contribution in [0.1, 0.15) is 88.2 Å². The second kappa shape index (κ2) is 17.1. The Bertz CT molecular complexity index is 2090. The average molecular weight is 763 g/mol. The number of aromatic nitrogens is 4. The van der Waals surface area contributed by atoms with Gasteiger partial charge in [0.15, 0.2) is 0 Å². The van der Waals surface area contributed by atoms with Crippen LogP contribution in [0.4, 0.5) is 9.59 Å². The predicted octanol–water partition coefficient (Wildman–Crippen LogP) is 6.21. The molecule has 1 unspecified atom stereocenters. The fourth-order valence-corrected chi connectivity index (χ4v) is 7.61. The summed E-state index contributed by atoms with van der Waals surface area (Å²) in [6.45, 7) is 8.64. The summed E-state index contributed by atoms with van der Waals surface area (Å²) in [6, 6.07) is 13.8. The number of likely N-dealkylation sites (tertiary alicyclic amines) is 2. The van der Waals surface area contributed by atoms with Crippen molar-refractivity contribution < 1.29 is 29.0 Å². The number of amides is 4. The van der Waals surface area contributed by atoms with Crippen molar-refractivity contribution in [1.29, 1.82) is 0 Å². The number of carboxylic acid groups (broad SMARTS) is 1. The van der Waals surface area contributed by atoms with E-state index in [-0.39, 0.29) is 35.7 Å². The van der Waals surface area contributed by atoms with Crippen molar-refractivity contribution in [3.05, 3.63) is 83.7 Å². The minimum absolute atomic E-state index is 0.109. The normalized spacial score (nSPS) is 17.7. The maximum atomic E-state index is 13.6. The van der Waals surface area contributed by atoms with Crippen LogP contribution in [0, 0.1) is 23.7 Å². The van der Waals surface area contributed by atoms with Gasteiger partial charge in [-0.3, -0.25) is 14.5 Å². The molecule has 2 aromatic heterocycles. The monoisotopic (exact) mass is 762 g/mol. The summed E-state index contributed by atoms with van der Waals surface area (Å²) in [7, 11) is 2.73. The number of carbonyl (C=O) groups is 4. The van der Waals surface area contributed by atoms with Crippen LogP contribution in [0.25, 0.3) is 22.5 Å². The van der Waals surface area contributed by atoms with Gasteiger partial charge in [0.05, 0.1) is 43.0 Å². The van der Waals surface area contributed by atoms with E-state index in [0.29, 0.717) is 24.7 Å². The van der Waals surface area contributed by atoms with Crippen LogP contribution in [0.15, 0.2) is 60.9 Å². The van der Waals surface area contributed by atoms with E-state index in [0.717, 1.165) is 64.2 Å². The smallest absolute Gasteiger partial charge is 0.407 e. The molecule has 4 heterocycles. The van der Waals surface area contributed by atoms with E-state index in [2.05, 4.69) is 37.1 Å². The Kier molecular flexibility index (Phi) is 12.1. The minimum atomic E-state index is -1.13. The molecular weight excluding hydrogens is 713 g/mol. The van der Waals surface area contributed by atoms with Crippen molar-refractivity contribution in [2.75, 3.05) is 27.2 Å². The third-order valence-corrected chi connectivity index (χ3v) is 10.6. The number of alkyl carbamates (subject to hydrolysis) is 1. The molecule has 4 amide bonds. The SMILES string of the molecule is COC(=O)N[C@H](C(=O)N1CCCC1c1ncc(-c2ccc(C#Cc3ccc(-c4cnc([C@@H]5CCCN5C(=O)[C@H](C(C)C)N(C)C(=O)O)[nH]4)cc3)cc2)[nH]1)C(C)C. The van der Waals surface area contributed by atoms with Crippen molar-refractivity contribution in [2.24, 2.45) is 11.8 Å². The number of carbonyl (C=O) groups excluding carboxylic acids is 3. The van der Waals surface area contributed by atoms with Gasteiger partial charge in [-0.2, -0.15) is 0 Å². The van der Waals surface area contributed by atoms with Gasteiger partial charge in [0.2, 0.25) is 11.8 Å². The lowest BCUT2D eigenvalue weighted by Gasteiger charge is -2.33. The van der Waals surface area contributed by atoms with Gasteiger partial charge in [-0.25, -0.2) is 19.6 Å². The summed E-state index contributed by atoms with van der Waals surface area (Å²) < 4.78 is 4.74. The van der Waals surface area contributed by atoms with Crippen molar-refractivity contribution in [1.82, 2.24) is 40.0 Å². The van der Waals surface area contributed by atoms with Gasteiger partial charge in [0, 0.05) is 31.3 Å². The van der Waals surface area contributed by atoms with Crippen molar-refractivity contribution in [2.45, 2.75) is 77.5 Å². The van der Waals surface area contributed by atoms with Crippen LogP contribution in [0.5, 0.6) is 0 Å². The highest BCUT2D eigenvalue weighted by molar-refractivity contribution is 5.87. The summed E-state index contributed by atoms with van der Waals surface area (Å²) in [5, 5.41) is 12.2. The molecule has 0 saturated carbocycles. The van der Waals surface area contributed by atoms with Crippen LogP contribution in [0.3, 0.4) is 0 Å². The van der Waals surface area contributed by atoms with Crippen LogP contribution in [-0.2, 0) is 14.3 Å². The highest BCUT2D eigenvalue weighted by Gasteiger charge is 2.40. The number of aromatic amines is 2. The molecule has 2 saturated heterocycles. The standard InChI is InChI=1S/C42H50N8O6/c1-25(2)35(47-41(53)56-6)39(51)49-21-7-9-33(49)37-43-23-31(45-37)29-17-13-27(14-18-29)11-12-28-15-19-30(20-16-28)32-24-44-38(46-32)34-10-8-22-50(34)40(52)36(26(3)4)48(5)42(54)55/h13-20,23-26,33-36H,7-10,21-22H2,1-6H3,(H,43,45)(H,44,46)(H,47,53)(H,54,55)/t33?,34-,35-,36-/m0/s1. The van der Waals surface area contributed by atoms with E-state index >= 15 is 0 Å². The van der Waals surface area contributed by atoms with Gasteiger partial charge in [-0.15, -0.1) is 0 Å². The molecule has 2 aliphatic rings. The van der Waals surface area contributed by atoms with Crippen molar-refractivity contribution in [3.63, 3.8) is 0 Å². The zero-order chi connectivity index (χ0) is 40.1. The molecular formula is C42H50N8O6. The van der Waals surface area contributed by atoms with E-state index in [1.165, 1.54) is 14.2 Å². The number of likely N-dealkylation sites (N-methyl/N-ethyl adjacent to an activating group) is 1. The molecule has 0 aliphatic carbocycles. The number of methoxy groups -OCH3 is 1. The summed E-state index contributed by atoms with van der Waals surface area (Å²) in [6.07, 6.45) is 4.96. The molecule has 14 heteroatoms. The number of hydrogen-bond acceptors (Lipinski definition) is 7. The van der Waals surface area contributed by atoms with E-state index < -0.39 is 24.3 Å². The summed E-state index contributed by atoms with van der Waals surface area (Å²) >= 11 is 0. The first-order valence-electron chi connectivity index (χ1n) is 19.1. The van der Waals surface area contributed by atoms with Gasteiger partial charge in [0.1, 0.15) is 23.7 Å². The number of hydrogen-bond donors (Lipinski definition) is 4. The first-order valence-corrected chi connectivity index (χ1v) is 19.1. The Morgan fingerprint density at radius 3 is 1.66 bits per heavy atom. The van der Waals surface area contributed by atoms with Gasteiger partial charge in [-0.05, 0) is 72.9 Å². The van der Waals surface area contributed by atoms with E-state index in [9.17, 15) is 24.3 Å². The van der Waals surface area contributed by atoms with Crippen LogP contribution >= 0.6 is 0 Å².